The van der Waals surface area contributed by atoms with Gasteiger partial charge in [0.1, 0.15) is 0 Å². The van der Waals surface area contributed by atoms with Gasteiger partial charge in [-0.15, -0.1) is 0 Å². The zero-order valence-electron chi connectivity index (χ0n) is 11.8. The van der Waals surface area contributed by atoms with Crippen molar-refractivity contribution in [3.8, 4) is 0 Å². The van der Waals surface area contributed by atoms with Crippen LogP contribution < -0.4 is 4.72 Å². The first-order valence-corrected chi connectivity index (χ1v) is 8.30. The second kappa shape index (κ2) is 6.35. The van der Waals surface area contributed by atoms with E-state index in [9.17, 15) is 8.42 Å². The summed E-state index contributed by atoms with van der Waals surface area (Å²) in [6, 6.07) is 6.62. The van der Waals surface area contributed by atoms with Gasteiger partial charge >= 0.3 is 0 Å². The average Bonchev–Trinajstić information content (AvgIpc) is 2.26. The number of rotatable bonds is 6. The van der Waals surface area contributed by atoms with Crippen molar-refractivity contribution in [2.24, 2.45) is 5.41 Å². The third-order valence-corrected chi connectivity index (χ3v) is 4.55. The number of hydrogen-bond acceptors (Lipinski definition) is 3. The first kappa shape index (κ1) is 16.6. The predicted octanol–water partition coefficient (Wildman–Crippen LogP) is 2.32. The highest BCUT2D eigenvalue weighted by molar-refractivity contribution is 9.10. The molecule has 1 N–H and O–H groups in total. The van der Waals surface area contributed by atoms with Crippen LogP contribution in [0.1, 0.15) is 13.8 Å². The minimum atomic E-state index is -3.44. The lowest BCUT2D eigenvalue weighted by molar-refractivity contribution is 0.242. The highest BCUT2D eigenvalue weighted by atomic mass is 79.9. The lowest BCUT2D eigenvalue weighted by Crippen LogP contribution is -2.39. The van der Waals surface area contributed by atoms with Gasteiger partial charge in [-0.2, -0.15) is 0 Å². The zero-order valence-corrected chi connectivity index (χ0v) is 14.2. The Bertz CT molecular complexity index is 510. The van der Waals surface area contributed by atoms with Crippen LogP contribution in [-0.2, 0) is 10.0 Å². The first-order chi connectivity index (χ1) is 8.62. The molecule has 19 heavy (non-hydrogen) atoms. The smallest absolute Gasteiger partial charge is 0.240 e. The number of hydrogen-bond donors (Lipinski definition) is 1. The van der Waals surface area contributed by atoms with E-state index in [2.05, 4.69) is 20.7 Å². The molecule has 4 nitrogen and oxygen atoms in total. The van der Waals surface area contributed by atoms with E-state index in [1.165, 1.54) is 0 Å². The summed E-state index contributed by atoms with van der Waals surface area (Å²) >= 11 is 3.29. The summed E-state index contributed by atoms with van der Waals surface area (Å²) in [4.78, 5) is 2.34. The Morgan fingerprint density at radius 1 is 1.21 bits per heavy atom. The maximum absolute atomic E-state index is 12.1. The fourth-order valence-corrected chi connectivity index (χ4v) is 3.41. The minimum Gasteiger partial charge on any atom is -0.309 e. The molecule has 0 spiro atoms. The maximum atomic E-state index is 12.1. The number of halogens is 1. The van der Waals surface area contributed by atoms with Crippen LogP contribution in [0, 0.1) is 5.41 Å². The molecule has 0 radical (unpaired) electrons. The predicted molar refractivity (Wildman–Crippen MR) is 81.7 cm³/mol. The molecule has 0 amide bonds. The molecule has 0 aliphatic heterocycles. The molecule has 0 unspecified atom stereocenters. The number of nitrogens with one attached hydrogen (secondary N) is 1. The molecule has 1 aromatic carbocycles. The van der Waals surface area contributed by atoms with Gasteiger partial charge in [-0.05, 0) is 43.8 Å². The molecule has 0 saturated heterocycles. The van der Waals surface area contributed by atoms with Crippen molar-refractivity contribution < 1.29 is 8.42 Å². The third kappa shape index (κ3) is 5.60. The van der Waals surface area contributed by atoms with Crippen molar-refractivity contribution in [1.29, 1.82) is 0 Å². The van der Waals surface area contributed by atoms with Gasteiger partial charge < -0.3 is 4.90 Å². The molecule has 0 aliphatic rings. The van der Waals surface area contributed by atoms with E-state index < -0.39 is 10.0 Å². The Balaban J connectivity index is 2.73. The largest absolute Gasteiger partial charge is 0.309 e. The lowest BCUT2D eigenvalue weighted by Gasteiger charge is -2.28. The number of nitrogens with zero attached hydrogens (tertiary/aromatic N) is 1. The molecule has 108 valence electrons. The van der Waals surface area contributed by atoms with Crippen LogP contribution in [0.15, 0.2) is 33.6 Å². The van der Waals surface area contributed by atoms with Crippen molar-refractivity contribution in [2.45, 2.75) is 18.7 Å². The molecule has 0 bridgehead atoms. The van der Waals surface area contributed by atoms with Crippen molar-refractivity contribution in [1.82, 2.24) is 9.62 Å². The van der Waals surface area contributed by atoms with Crippen molar-refractivity contribution in [2.75, 3.05) is 27.2 Å². The van der Waals surface area contributed by atoms with E-state index in [0.29, 0.717) is 6.54 Å². The van der Waals surface area contributed by atoms with Gasteiger partial charge in [-0.3, -0.25) is 0 Å². The summed E-state index contributed by atoms with van der Waals surface area (Å²) in [7, 11) is 0.519. The second-order valence-electron chi connectivity index (χ2n) is 5.68. The molecule has 6 heteroatoms. The fourth-order valence-electron chi connectivity index (χ4n) is 1.90. The summed E-state index contributed by atoms with van der Waals surface area (Å²) in [5.41, 5.74) is -0.119. The molecule has 0 fully saturated rings. The summed E-state index contributed by atoms with van der Waals surface area (Å²) in [6.07, 6.45) is 0. The zero-order chi connectivity index (χ0) is 14.7. The van der Waals surface area contributed by atoms with E-state index >= 15 is 0 Å². The summed E-state index contributed by atoms with van der Waals surface area (Å²) in [5.74, 6) is 0. The van der Waals surface area contributed by atoms with Crippen molar-refractivity contribution in [3.05, 3.63) is 28.7 Å². The molecular formula is C13H21BrN2O2S. The van der Waals surface area contributed by atoms with Crippen LogP contribution in [-0.4, -0.2) is 40.5 Å². The summed E-state index contributed by atoms with van der Waals surface area (Å²) < 4.78 is 27.8. The van der Waals surface area contributed by atoms with Gasteiger partial charge in [0, 0.05) is 17.6 Å². The van der Waals surface area contributed by atoms with Crippen LogP contribution in [0.4, 0.5) is 0 Å². The monoisotopic (exact) mass is 348 g/mol. The molecule has 1 aromatic rings. The van der Waals surface area contributed by atoms with Crippen LogP contribution >= 0.6 is 15.9 Å². The Labute approximate surface area is 124 Å². The summed E-state index contributed by atoms with van der Waals surface area (Å²) in [6.45, 7) is 5.30. The van der Waals surface area contributed by atoms with E-state index in [4.69, 9.17) is 0 Å². The van der Waals surface area contributed by atoms with Crippen LogP contribution in [0.3, 0.4) is 0 Å². The minimum absolute atomic E-state index is 0.119. The molecule has 0 aliphatic carbocycles. The fraction of sp³-hybridized carbons (Fsp3) is 0.538. The Hall–Kier alpha value is -0.430. The van der Waals surface area contributed by atoms with Gasteiger partial charge in [0.05, 0.1) is 4.90 Å². The summed E-state index contributed by atoms with van der Waals surface area (Å²) in [5, 5.41) is 0. The first-order valence-electron chi connectivity index (χ1n) is 6.02. The van der Waals surface area contributed by atoms with Crippen molar-refractivity contribution >= 4 is 26.0 Å². The van der Waals surface area contributed by atoms with Crippen molar-refractivity contribution in [3.63, 3.8) is 0 Å². The van der Waals surface area contributed by atoms with Gasteiger partial charge in [0.15, 0.2) is 0 Å². The molecule has 0 atom stereocenters. The van der Waals surface area contributed by atoms with Crippen LogP contribution in [0.5, 0.6) is 0 Å². The SMILES string of the molecule is CN(C)CC(C)(C)CNS(=O)(=O)c1ccc(Br)cc1. The van der Waals surface area contributed by atoms with E-state index in [1.807, 2.05) is 32.8 Å². The van der Waals surface area contributed by atoms with E-state index in [1.54, 1.807) is 24.3 Å². The third-order valence-electron chi connectivity index (χ3n) is 2.61. The Morgan fingerprint density at radius 3 is 2.21 bits per heavy atom. The molecular weight excluding hydrogens is 328 g/mol. The topological polar surface area (TPSA) is 49.4 Å². The second-order valence-corrected chi connectivity index (χ2v) is 8.36. The molecule has 0 saturated carbocycles. The van der Waals surface area contributed by atoms with E-state index in [0.717, 1.165) is 11.0 Å². The number of benzene rings is 1. The van der Waals surface area contributed by atoms with Gasteiger partial charge in [-0.25, -0.2) is 13.1 Å². The average molecular weight is 349 g/mol. The normalized spacial score (nSPS) is 12.9. The molecule has 0 aromatic heterocycles. The number of sulfonamides is 1. The van der Waals surface area contributed by atoms with Crippen LogP contribution in [0.2, 0.25) is 0 Å². The maximum Gasteiger partial charge on any atom is 0.240 e. The Morgan fingerprint density at radius 2 is 1.74 bits per heavy atom. The van der Waals surface area contributed by atoms with Gasteiger partial charge in [-0.1, -0.05) is 29.8 Å². The van der Waals surface area contributed by atoms with Gasteiger partial charge in [0.2, 0.25) is 10.0 Å². The van der Waals surface area contributed by atoms with Crippen LogP contribution in [0.25, 0.3) is 0 Å². The van der Waals surface area contributed by atoms with Gasteiger partial charge in [0.25, 0.3) is 0 Å². The Kier molecular flexibility index (Phi) is 5.55. The quantitative estimate of drug-likeness (QED) is 0.858. The highest BCUT2D eigenvalue weighted by Crippen LogP contribution is 2.18. The molecule has 0 heterocycles. The lowest BCUT2D eigenvalue weighted by atomic mass is 9.93. The standard InChI is InChI=1S/C13H21BrN2O2S/c1-13(2,10-16(3)4)9-15-19(17,18)12-7-5-11(14)6-8-12/h5-8,15H,9-10H2,1-4H3. The highest BCUT2D eigenvalue weighted by Gasteiger charge is 2.22. The van der Waals surface area contributed by atoms with E-state index in [-0.39, 0.29) is 10.3 Å². The molecule has 1 rings (SSSR count).